The van der Waals surface area contributed by atoms with Crippen molar-refractivity contribution in [3.05, 3.63) is 29.8 Å². The number of thiocyanates is 1. The van der Waals surface area contributed by atoms with E-state index >= 15 is 0 Å². The zero-order chi connectivity index (χ0) is 16.8. The highest BCUT2D eigenvalue weighted by molar-refractivity contribution is 8.03. The van der Waals surface area contributed by atoms with Crippen molar-refractivity contribution in [2.45, 2.75) is 38.0 Å². The van der Waals surface area contributed by atoms with E-state index in [1.54, 1.807) is 24.3 Å². The molecule has 1 aromatic rings. The summed E-state index contributed by atoms with van der Waals surface area (Å²) in [5.41, 5.74) is 2.57. The highest BCUT2D eigenvalue weighted by Gasteiger charge is 2.34. The Bertz CT molecular complexity index is 617. The van der Waals surface area contributed by atoms with E-state index in [9.17, 15) is 9.59 Å². The van der Waals surface area contributed by atoms with Crippen LogP contribution in [0.1, 0.15) is 43.5 Å². The van der Waals surface area contributed by atoms with Gasteiger partial charge in [-0.2, -0.15) is 10.7 Å². The Hall–Kier alpha value is -2.00. The molecule has 1 amide bonds. The molecule has 0 bridgehead atoms. The molecule has 0 aromatic heterocycles. The molecule has 1 aliphatic carbocycles. The van der Waals surface area contributed by atoms with Crippen LogP contribution in [0.15, 0.2) is 29.2 Å². The van der Waals surface area contributed by atoms with Crippen LogP contribution in [0.3, 0.4) is 0 Å². The molecule has 1 fully saturated rings. The number of benzene rings is 1. The molecular formula is C17H20N2O3S. The Morgan fingerprint density at radius 2 is 1.91 bits per heavy atom. The van der Waals surface area contributed by atoms with Gasteiger partial charge in [0.15, 0.2) is 0 Å². The van der Waals surface area contributed by atoms with Crippen molar-refractivity contribution in [3.63, 3.8) is 0 Å². The monoisotopic (exact) mass is 332 g/mol. The minimum atomic E-state index is -0.659. The minimum absolute atomic E-state index is 0.139. The Morgan fingerprint density at radius 3 is 2.57 bits per heavy atom. The largest absolute Gasteiger partial charge is 0.364 e. The van der Waals surface area contributed by atoms with E-state index in [0.717, 1.165) is 31.0 Å². The fraction of sp³-hybridized carbons (Fsp3) is 0.471. The smallest absolute Gasteiger partial charge is 0.335 e. The van der Waals surface area contributed by atoms with Crippen molar-refractivity contribution in [2.24, 2.45) is 17.8 Å². The standard InChI is InChI=1S/C17H20N2O3S/c1-11-6-5-7-12(2)15(11)16(20)19-22-17(21)13-8-3-4-9-14(13)23-10-18/h3-4,8-9,11-12,15H,5-7H2,1-2H3,(H,19,20). The summed E-state index contributed by atoms with van der Waals surface area (Å²) >= 11 is 0.885. The highest BCUT2D eigenvalue weighted by atomic mass is 32.2. The second-order valence-electron chi connectivity index (χ2n) is 5.96. The second-order valence-corrected chi connectivity index (χ2v) is 6.78. The molecule has 0 aliphatic heterocycles. The molecule has 1 saturated carbocycles. The fourth-order valence-electron chi connectivity index (χ4n) is 3.19. The summed E-state index contributed by atoms with van der Waals surface area (Å²) in [6.45, 7) is 4.11. The van der Waals surface area contributed by atoms with E-state index in [1.165, 1.54) is 0 Å². The first kappa shape index (κ1) is 17.4. The number of thioether (sulfide) groups is 1. The first-order valence-corrected chi connectivity index (χ1v) is 8.52. The summed E-state index contributed by atoms with van der Waals surface area (Å²) in [7, 11) is 0. The lowest BCUT2D eigenvalue weighted by molar-refractivity contribution is -0.138. The first-order valence-electron chi connectivity index (χ1n) is 7.70. The third-order valence-corrected chi connectivity index (χ3v) is 5.02. The van der Waals surface area contributed by atoms with Gasteiger partial charge in [0.2, 0.25) is 0 Å². The minimum Gasteiger partial charge on any atom is -0.335 e. The van der Waals surface area contributed by atoms with Gasteiger partial charge in [0.05, 0.1) is 5.56 Å². The zero-order valence-corrected chi connectivity index (χ0v) is 14.1. The zero-order valence-electron chi connectivity index (χ0n) is 13.2. The van der Waals surface area contributed by atoms with Crippen molar-refractivity contribution >= 4 is 23.6 Å². The van der Waals surface area contributed by atoms with Gasteiger partial charge in [0.1, 0.15) is 5.40 Å². The number of hydrogen-bond donors (Lipinski definition) is 1. The Kier molecular flexibility index (Phi) is 6.05. The van der Waals surface area contributed by atoms with Crippen LogP contribution in [0.4, 0.5) is 0 Å². The Labute approximate surface area is 140 Å². The Balaban J connectivity index is 1.99. The van der Waals surface area contributed by atoms with Gasteiger partial charge in [-0.15, -0.1) is 0 Å². The van der Waals surface area contributed by atoms with Crippen molar-refractivity contribution < 1.29 is 14.4 Å². The average molecular weight is 332 g/mol. The lowest BCUT2D eigenvalue weighted by Crippen LogP contribution is -2.40. The second kappa shape index (κ2) is 8.02. The molecule has 23 heavy (non-hydrogen) atoms. The van der Waals surface area contributed by atoms with Gasteiger partial charge in [-0.05, 0) is 48.6 Å². The summed E-state index contributed by atoms with van der Waals surface area (Å²) in [5, 5.41) is 10.7. The maximum Gasteiger partial charge on any atom is 0.364 e. The van der Waals surface area contributed by atoms with Gasteiger partial charge in [-0.25, -0.2) is 4.79 Å². The van der Waals surface area contributed by atoms with E-state index in [4.69, 9.17) is 10.1 Å². The molecule has 0 radical (unpaired) electrons. The van der Waals surface area contributed by atoms with Gasteiger partial charge in [0.25, 0.3) is 5.91 Å². The molecule has 6 heteroatoms. The van der Waals surface area contributed by atoms with E-state index in [0.29, 0.717) is 4.90 Å². The van der Waals surface area contributed by atoms with E-state index in [1.807, 2.05) is 5.40 Å². The van der Waals surface area contributed by atoms with Crippen molar-refractivity contribution in [3.8, 4) is 5.40 Å². The van der Waals surface area contributed by atoms with E-state index in [-0.39, 0.29) is 29.2 Å². The highest BCUT2D eigenvalue weighted by Crippen LogP contribution is 2.34. The normalized spacial score (nSPS) is 23.6. The van der Waals surface area contributed by atoms with E-state index in [2.05, 4.69) is 19.3 Å². The van der Waals surface area contributed by atoms with Crippen LogP contribution < -0.4 is 5.48 Å². The van der Waals surface area contributed by atoms with Gasteiger partial charge in [-0.3, -0.25) is 4.79 Å². The SMILES string of the molecule is CC1CCCC(C)C1C(=O)NOC(=O)c1ccccc1SC#N. The summed E-state index contributed by atoms with van der Waals surface area (Å²) in [6.07, 6.45) is 3.15. The van der Waals surface area contributed by atoms with Crippen LogP contribution in [0, 0.1) is 28.4 Å². The fourth-order valence-corrected chi connectivity index (χ4v) is 3.70. The lowest BCUT2D eigenvalue weighted by Gasteiger charge is -2.32. The molecule has 0 heterocycles. The maximum absolute atomic E-state index is 12.3. The van der Waals surface area contributed by atoms with Crippen LogP contribution in [-0.4, -0.2) is 11.9 Å². The molecule has 0 spiro atoms. The quantitative estimate of drug-likeness (QED) is 0.520. The Morgan fingerprint density at radius 1 is 1.26 bits per heavy atom. The number of rotatable bonds is 3. The van der Waals surface area contributed by atoms with Crippen LogP contribution in [0.5, 0.6) is 0 Å². The summed E-state index contributed by atoms with van der Waals surface area (Å²) in [4.78, 5) is 29.9. The van der Waals surface area contributed by atoms with Crippen molar-refractivity contribution in [2.75, 3.05) is 0 Å². The number of nitrogens with zero attached hydrogens (tertiary/aromatic N) is 1. The molecule has 1 N–H and O–H groups in total. The number of nitrogens with one attached hydrogen (secondary N) is 1. The number of amides is 1. The maximum atomic E-state index is 12.3. The number of nitriles is 1. The number of hydroxylamine groups is 1. The molecular weight excluding hydrogens is 312 g/mol. The number of carbonyl (C=O) groups excluding carboxylic acids is 2. The molecule has 1 aromatic carbocycles. The van der Waals surface area contributed by atoms with Crippen LogP contribution in [0.2, 0.25) is 0 Å². The third kappa shape index (κ3) is 4.26. The van der Waals surface area contributed by atoms with Crippen LogP contribution in [-0.2, 0) is 9.63 Å². The molecule has 122 valence electrons. The van der Waals surface area contributed by atoms with E-state index < -0.39 is 5.97 Å². The van der Waals surface area contributed by atoms with Gasteiger partial charge < -0.3 is 4.84 Å². The van der Waals surface area contributed by atoms with Crippen LogP contribution >= 0.6 is 11.8 Å². The van der Waals surface area contributed by atoms with Crippen molar-refractivity contribution in [1.29, 1.82) is 5.26 Å². The summed E-state index contributed by atoms with van der Waals surface area (Å²) < 4.78 is 0. The lowest BCUT2D eigenvalue weighted by atomic mass is 9.73. The predicted octanol–water partition coefficient (Wildman–Crippen LogP) is 3.52. The molecule has 2 unspecified atom stereocenters. The molecule has 0 saturated heterocycles. The third-order valence-electron chi connectivity index (χ3n) is 4.35. The van der Waals surface area contributed by atoms with Crippen molar-refractivity contribution in [1.82, 2.24) is 5.48 Å². The molecule has 5 nitrogen and oxygen atoms in total. The predicted molar refractivity (Wildman–Crippen MR) is 87.1 cm³/mol. The summed E-state index contributed by atoms with van der Waals surface area (Å²) in [5.74, 6) is -0.491. The molecule has 1 aliphatic rings. The van der Waals surface area contributed by atoms with Crippen LogP contribution in [0.25, 0.3) is 0 Å². The topological polar surface area (TPSA) is 79.2 Å². The van der Waals surface area contributed by atoms with Gasteiger partial charge in [-0.1, -0.05) is 32.4 Å². The molecule has 2 atom stereocenters. The average Bonchev–Trinajstić information content (AvgIpc) is 2.53. The number of carbonyl (C=O) groups is 2. The first-order chi connectivity index (χ1) is 11.0. The van der Waals surface area contributed by atoms with Gasteiger partial charge in [0, 0.05) is 10.8 Å². The summed E-state index contributed by atoms with van der Waals surface area (Å²) in [6, 6.07) is 6.66. The number of hydrogen-bond acceptors (Lipinski definition) is 5. The van der Waals surface area contributed by atoms with Gasteiger partial charge >= 0.3 is 5.97 Å². The molecule has 2 rings (SSSR count).